The number of rotatable bonds is 3. The third kappa shape index (κ3) is 4.71. The van der Waals surface area contributed by atoms with Gasteiger partial charge in [0.2, 0.25) is 5.91 Å². The van der Waals surface area contributed by atoms with Crippen molar-refractivity contribution in [3.63, 3.8) is 0 Å². The van der Waals surface area contributed by atoms with E-state index in [9.17, 15) is 23.2 Å². The minimum absolute atomic E-state index is 0.0800. The van der Waals surface area contributed by atoms with Crippen molar-refractivity contribution in [2.75, 3.05) is 18.5 Å². The maximum absolute atomic E-state index is 12.8. The number of benzene rings is 1. The van der Waals surface area contributed by atoms with Gasteiger partial charge in [0.05, 0.1) is 12.3 Å². The van der Waals surface area contributed by atoms with Crippen LogP contribution in [0.2, 0.25) is 0 Å². The van der Waals surface area contributed by atoms with Gasteiger partial charge < -0.3 is 21.5 Å². The number of nitrogens with zero attached hydrogens (tertiary/aromatic N) is 2. The fourth-order valence-corrected chi connectivity index (χ4v) is 3.41. The van der Waals surface area contributed by atoms with Crippen LogP contribution in [0.25, 0.3) is 0 Å². The van der Waals surface area contributed by atoms with Crippen molar-refractivity contribution >= 4 is 35.5 Å². The summed E-state index contributed by atoms with van der Waals surface area (Å²) < 4.78 is 31.4. The molecule has 2 aromatic rings. The summed E-state index contributed by atoms with van der Waals surface area (Å²) in [6.07, 6.45) is 0.543. The Kier molecular flexibility index (Phi) is 5.82. The number of nitrogens with one attached hydrogen (secondary N) is 1. The normalized spacial score (nSPS) is 14.0. The van der Waals surface area contributed by atoms with Crippen LogP contribution in [0.5, 0.6) is 5.75 Å². The van der Waals surface area contributed by atoms with Crippen molar-refractivity contribution < 1.29 is 27.9 Å². The number of pyridine rings is 1. The van der Waals surface area contributed by atoms with E-state index < -0.39 is 29.5 Å². The van der Waals surface area contributed by atoms with Gasteiger partial charge in [-0.25, -0.2) is 18.6 Å². The number of amides is 4. The van der Waals surface area contributed by atoms with Crippen LogP contribution in [0, 0.1) is 11.6 Å². The summed E-state index contributed by atoms with van der Waals surface area (Å²) in [4.78, 5) is 37.3. The quantitative estimate of drug-likeness (QED) is 0.638. The number of carbonyl (C=O) groups excluding carboxylic acids is 3. The molecule has 0 radical (unpaired) electrons. The van der Waals surface area contributed by atoms with E-state index in [0.29, 0.717) is 35.1 Å². The van der Waals surface area contributed by atoms with Crippen molar-refractivity contribution in [2.24, 2.45) is 11.5 Å². The van der Waals surface area contributed by atoms with E-state index in [1.807, 2.05) is 0 Å². The first-order valence-electron chi connectivity index (χ1n) is 8.21. The Labute approximate surface area is 167 Å². The molecule has 1 aromatic carbocycles. The molecule has 3 heterocycles. The van der Waals surface area contributed by atoms with Gasteiger partial charge in [0.25, 0.3) is 5.91 Å². The second kappa shape index (κ2) is 8.31. The molecular formula is C17H15F2N5O4S. The molecule has 2 aliphatic heterocycles. The monoisotopic (exact) mass is 423 g/mol. The fourth-order valence-electron chi connectivity index (χ4n) is 2.53. The number of fused-ring (bicyclic) bond motifs is 2. The van der Waals surface area contributed by atoms with Gasteiger partial charge in [-0.1, -0.05) is 0 Å². The number of nitrogens with two attached hydrogens (primary N) is 2. The van der Waals surface area contributed by atoms with Gasteiger partial charge >= 0.3 is 6.03 Å². The highest BCUT2D eigenvalue weighted by Crippen LogP contribution is 2.33. The second-order valence-electron chi connectivity index (χ2n) is 5.90. The lowest BCUT2D eigenvalue weighted by Gasteiger charge is -2.25. The predicted octanol–water partition coefficient (Wildman–Crippen LogP) is 1.42. The van der Waals surface area contributed by atoms with Crippen LogP contribution in [0.1, 0.15) is 16.1 Å². The average Bonchev–Trinajstić information content (AvgIpc) is 3.11. The smallest absolute Gasteiger partial charge is 0.332 e. The van der Waals surface area contributed by atoms with E-state index >= 15 is 0 Å². The van der Waals surface area contributed by atoms with Crippen LogP contribution in [-0.2, 0) is 11.2 Å². The first-order valence-corrected chi connectivity index (χ1v) is 8.98. The number of primary amides is 2. The summed E-state index contributed by atoms with van der Waals surface area (Å²) in [5, 5.41) is 2.91. The van der Waals surface area contributed by atoms with Crippen molar-refractivity contribution in [3.05, 3.63) is 47.2 Å². The lowest BCUT2D eigenvalue weighted by Crippen LogP contribution is -2.38. The van der Waals surface area contributed by atoms with Crippen molar-refractivity contribution in [1.29, 1.82) is 0 Å². The number of anilines is 1. The lowest BCUT2D eigenvalue weighted by molar-refractivity contribution is -0.117. The van der Waals surface area contributed by atoms with E-state index in [1.54, 1.807) is 0 Å². The summed E-state index contributed by atoms with van der Waals surface area (Å²) in [6, 6.07) is 4.56. The molecule has 0 spiro atoms. The minimum Gasteiger partial charge on any atom is -0.493 e. The molecule has 29 heavy (non-hydrogen) atoms. The highest BCUT2D eigenvalue weighted by atomic mass is 32.2. The van der Waals surface area contributed by atoms with Crippen LogP contribution in [0.4, 0.5) is 19.3 Å². The lowest BCUT2D eigenvalue weighted by atomic mass is 10.1. The van der Waals surface area contributed by atoms with E-state index in [1.165, 1.54) is 18.2 Å². The molecule has 2 aliphatic rings. The SMILES string of the molecule is Fc1cc(F)c2c(c1)OCC2.NC(=O)CN1Sc2nc(C(N)=O)ccc2NC1=O. The molecular weight excluding hydrogens is 408 g/mol. The zero-order valence-electron chi connectivity index (χ0n) is 14.8. The largest absolute Gasteiger partial charge is 0.493 e. The van der Waals surface area contributed by atoms with E-state index in [0.717, 1.165) is 22.3 Å². The first kappa shape index (κ1) is 20.3. The third-order valence-corrected chi connectivity index (χ3v) is 4.81. The molecule has 9 nitrogen and oxygen atoms in total. The maximum Gasteiger partial charge on any atom is 0.332 e. The van der Waals surface area contributed by atoms with Gasteiger partial charge in [-0.05, 0) is 12.1 Å². The topological polar surface area (TPSA) is 141 Å². The minimum atomic E-state index is -0.670. The number of carbonyl (C=O) groups is 3. The van der Waals surface area contributed by atoms with Gasteiger partial charge in [-0.2, -0.15) is 0 Å². The summed E-state index contributed by atoms with van der Waals surface area (Å²) in [5.41, 5.74) is 11.1. The van der Waals surface area contributed by atoms with Crippen molar-refractivity contribution in [1.82, 2.24) is 9.29 Å². The first-order chi connectivity index (χ1) is 13.7. The van der Waals surface area contributed by atoms with Gasteiger partial charge in [-0.15, -0.1) is 0 Å². The molecule has 0 bridgehead atoms. The Morgan fingerprint density at radius 1 is 1.28 bits per heavy atom. The van der Waals surface area contributed by atoms with Crippen LogP contribution < -0.4 is 21.5 Å². The number of urea groups is 1. The Morgan fingerprint density at radius 3 is 2.72 bits per heavy atom. The Hall–Kier alpha value is -3.41. The zero-order valence-corrected chi connectivity index (χ0v) is 15.6. The van der Waals surface area contributed by atoms with Gasteiger partial charge in [0.15, 0.2) is 0 Å². The molecule has 0 unspecified atom stereocenters. The van der Waals surface area contributed by atoms with Gasteiger partial charge in [0.1, 0.15) is 34.6 Å². The van der Waals surface area contributed by atoms with Gasteiger partial charge in [-0.3, -0.25) is 13.9 Å². The molecule has 5 N–H and O–H groups in total. The molecule has 4 rings (SSSR count). The number of ether oxygens (including phenoxy) is 1. The van der Waals surface area contributed by atoms with Crippen LogP contribution >= 0.6 is 11.9 Å². The molecule has 1 aromatic heterocycles. The highest BCUT2D eigenvalue weighted by Gasteiger charge is 2.26. The number of hydrogen-bond acceptors (Lipinski definition) is 6. The Balaban J connectivity index is 0.000000186. The Bertz CT molecular complexity index is 1000. The molecule has 4 amide bonds. The summed E-state index contributed by atoms with van der Waals surface area (Å²) in [5.74, 6) is -2.05. The average molecular weight is 423 g/mol. The molecule has 0 saturated carbocycles. The zero-order chi connectivity index (χ0) is 21.1. The predicted molar refractivity (Wildman–Crippen MR) is 99.1 cm³/mol. The number of aromatic nitrogens is 1. The summed E-state index contributed by atoms with van der Waals surface area (Å²) in [7, 11) is 0. The van der Waals surface area contributed by atoms with E-state index in [4.69, 9.17) is 16.2 Å². The van der Waals surface area contributed by atoms with Crippen LogP contribution in [0.3, 0.4) is 0 Å². The molecule has 0 saturated heterocycles. The molecule has 152 valence electrons. The second-order valence-corrected chi connectivity index (χ2v) is 6.91. The van der Waals surface area contributed by atoms with Crippen molar-refractivity contribution in [3.8, 4) is 5.75 Å². The Morgan fingerprint density at radius 2 is 2.03 bits per heavy atom. The number of halogens is 2. The molecule has 12 heteroatoms. The van der Waals surface area contributed by atoms with Gasteiger partial charge in [0, 0.05) is 36.1 Å². The molecule has 0 atom stereocenters. The molecule has 0 aliphatic carbocycles. The number of hydrogen-bond donors (Lipinski definition) is 3. The fraction of sp³-hybridized carbons (Fsp3) is 0.176. The van der Waals surface area contributed by atoms with Crippen molar-refractivity contribution in [2.45, 2.75) is 11.4 Å². The highest BCUT2D eigenvalue weighted by molar-refractivity contribution is 7.97. The van der Waals surface area contributed by atoms with Crippen LogP contribution in [-0.4, -0.2) is 40.3 Å². The summed E-state index contributed by atoms with van der Waals surface area (Å²) in [6.45, 7) is 0.203. The van der Waals surface area contributed by atoms with Crippen LogP contribution in [0.15, 0.2) is 29.3 Å². The third-order valence-electron chi connectivity index (χ3n) is 3.81. The summed E-state index contributed by atoms with van der Waals surface area (Å²) >= 11 is 0.927. The molecule has 0 fully saturated rings. The van der Waals surface area contributed by atoms with E-state index in [2.05, 4.69) is 10.3 Å². The van der Waals surface area contributed by atoms with E-state index in [-0.39, 0.29) is 12.2 Å². The maximum atomic E-state index is 12.8. The standard InChI is InChI=1S/C9H9N5O3S.C8H6F2O/c10-6(15)3-14-9(17)13-5-2-1-4(7(11)16)12-8(5)18-14;9-5-3-7(10)6-1-2-11-8(6)4-5/h1-2H,3H2,(H2,10,15)(H2,11,16)(H,13,17);3-4H,1-2H2.